The van der Waals surface area contributed by atoms with Crippen molar-refractivity contribution in [2.24, 2.45) is 11.3 Å². The molecule has 0 bridgehead atoms. The molecule has 21 heavy (non-hydrogen) atoms. The molecule has 0 aromatic heterocycles. The molecule has 2 atom stereocenters. The van der Waals surface area contributed by atoms with Crippen LogP contribution >= 0.6 is 0 Å². The molecule has 4 nitrogen and oxygen atoms in total. The van der Waals surface area contributed by atoms with Crippen molar-refractivity contribution in [1.82, 2.24) is 5.32 Å². The van der Waals surface area contributed by atoms with Crippen molar-refractivity contribution in [3.63, 3.8) is 0 Å². The van der Waals surface area contributed by atoms with Crippen LogP contribution < -0.4 is 5.32 Å². The minimum Gasteiger partial charge on any atom is -0.480 e. The van der Waals surface area contributed by atoms with Crippen molar-refractivity contribution in [2.75, 3.05) is 0 Å². The fraction of sp³-hybridized carbons (Fsp3) is 0.529. The van der Waals surface area contributed by atoms with E-state index in [4.69, 9.17) is 0 Å². The van der Waals surface area contributed by atoms with Crippen LogP contribution in [0.15, 0.2) is 30.3 Å². The minimum atomic E-state index is -1.00. The minimum absolute atomic E-state index is 0.0233. The summed E-state index contributed by atoms with van der Waals surface area (Å²) in [5.41, 5.74) is 0.921. The lowest BCUT2D eigenvalue weighted by Gasteiger charge is -2.27. The van der Waals surface area contributed by atoms with E-state index < -0.39 is 12.0 Å². The first-order valence-electron chi connectivity index (χ1n) is 7.26. The summed E-state index contributed by atoms with van der Waals surface area (Å²) in [6.07, 6.45) is 0.633. The topological polar surface area (TPSA) is 66.4 Å². The van der Waals surface area contributed by atoms with Crippen LogP contribution in [0.1, 0.15) is 39.7 Å². The van der Waals surface area contributed by atoms with E-state index in [0.29, 0.717) is 12.8 Å². The van der Waals surface area contributed by atoms with Gasteiger partial charge in [-0.1, -0.05) is 58.0 Å². The third-order valence-corrected chi connectivity index (χ3v) is 3.89. The zero-order valence-electron chi connectivity index (χ0n) is 13.2. The van der Waals surface area contributed by atoms with Gasteiger partial charge >= 0.3 is 5.97 Å². The highest BCUT2D eigenvalue weighted by atomic mass is 16.4. The monoisotopic (exact) mass is 291 g/mol. The molecule has 1 unspecified atom stereocenters. The molecule has 4 heteroatoms. The van der Waals surface area contributed by atoms with E-state index in [1.54, 1.807) is 0 Å². The lowest BCUT2D eigenvalue weighted by atomic mass is 9.80. The molecule has 116 valence electrons. The Morgan fingerprint density at radius 3 is 2.24 bits per heavy atom. The van der Waals surface area contributed by atoms with E-state index in [1.807, 2.05) is 37.3 Å². The number of carbonyl (C=O) groups excluding carboxylic acids is 1. The van der Waals surface area contributed by atoms with Gasteiger partial charge in [0.05, 0.1) is 0 Å². The highest BCUT2D eigenvalue weighted by molar-refractivity contribution is 5.83. The number of carbonyl (C=O) groups is 2. The summed E-state index contributed by atoms with van der Waals surface area (Å²) >= 11 is 0. The second-order valence-electron chi connectivity index (χ2n) is 6.62. The summed E-state index contributed by atoms with van der Waals surface area (Å²) in [5.74, 6) is -1.03. The fourth-order valence-corrected chi connectivity index (χ4v) is 1.89. The molecule has 0 saturated heterocycles. The smallest absolute Gasteiger partial charge is 0.326 e. The quantitative estimate of drug-likeness (QED) is 0.847. The van der Waals surface area contributed by atoms with Gasteiger partial charge in [-0.25, -0.2) is 4.79 Å². The predicted octanol–water partition coefficient (Wildman–Crippen LogP) is 2.87. The second kappa shape index (κ2) is 7.25. The molecule has 2 N–H and O–H groups in total. The Balaban J connectivity index is 2.63. The predicted molar refractivity (Wildman–Crippen MR) is 82.9 cm³/mol. The third kappa shape index (κ3) is 5.98. The van der Waals surface area contributed by atoms with Crippen LogP contribution in [0.2, 0.25) is 0 Å². The van der Waals surface area contributed by atoms with Gasteiger partial charge in [0, 0.05) is 12.8 Å². The van der Waals surface area contributed by atoms with Crippen LogP contribution in [0.4, 0.5) is 0 Å². The van der Waals surface area contributed by atoms with E-state index in [2.05, 4.69) is 26.1 Å². The summed E-state index contributed by atoms with van der Waals surface area (Å²) in [5, 5.41) is 11.9. The van der Waals surface area contributed by atoms with Crippen LogP contribution in [0, 0.1) is 11.3 Å². The van der Waals surface area contributed by atoms with Gasteiger partial charge in [0.25, 0.3) is 0 Å². The number of amides is 1. The first-order valence-corrected chi connectivity index (χ1v) is 7.26. The van der Waals surface area contributed by atoms with E-state index in [1.165, 1.54) is 0 Å². The number of nitrogens with one attached hydrogen (secondary N) is 1. The van der Waals surface area contributed by atoms with Gasteiger partial charge in [0.2, 0.25) is 5.91 Å². The Labute approximate surface area is 126 Å². The first kappa shape index (κ1) is 17.2. The summed E-state index contributed by atoms with van der Waals surface area (Å²) in [6, 6.07) is 8.44. The van der Waals surface area contributed by atoms with E-state index in [9.17, 15) is 14.7 Å². The Bertz CT molecular complexity index is 477. The number of hydrogen-bond donors (Lipinski definition) is 2. The molecule has 0 aliphatic heterocycles. The van der Waals surface area contributed by atoms with Crippen molar-refractivity contribution < 1.29 is 14.7 Å². The van der Waals surface area contributed by atoms with Crippen molar-refractivity contribution >= 4 is 11.9 Å². The van der Waals surface area contributed by atoms with Gasteiger partial charge in [-0.2, -0.15) is 0 Å². The fourth-order valence-electron chi connectivity index (χ4n) is 1.89. The number of rotatable bonds is 6. The van der Waals surface area contributed by atoms with Crippen molar-refractivity contribution in [2.45, 2.75) is 46.6 Å². The molecule has 0 saturated carbocycles. The van der Waals surface area contributed by atoms with Crippen molar-refractivity contribution in [1.29, 1.82) is 0 Å². The van der Waals surface area contributed by atoms with E-state index >= 15 is 0 Å². The number of carboxylic acid groups (broad SMARTS) is 1. The van der Waals surface area contributed by atoms with E-state index in [-0.39, 0.29) is 17.2 Å². The molecular formula is C17H25NO3. The molecule has 1 amide bonds. The number of aliphatic carboxylic acids is 1. The van der Waals surface area contributed by atoms with Crippen molar-refractivity contribution in [3.8, 4) is 0 Å². The maximum Gasteiger partial charge on any atom is 0.326 e. The summed E-state index contributed by atoms with van der Waals surface area (Å²) in [4.78, 5) is 23.3. The molecule has 1 rings (SSSR count). The third-order valence-electron chi connectivity index (χ3n) is 3.89. The molecule has 1 aromatic rings. The average Bonchev–Trinajstić information content (AvgIpc) is 2.37. The second-order valence-corrected chi connectivity index (χ2v) is 6.62. The van der Waals surface area contributed by atoms with Gasteiger partial charge < -0.3 is 10.4 Å². The maximum absolute atomic E-state index is 12.0. The van der Waals surface area contributed by atoms with Crippen LogP contribution in [0.5, 0.6) is 0 Å². The van der Waals surface area contributed by atoms with Crippen LogP contribution in [-0.4, -0.2) is 23.0 Å². The Morgan fingerprint density at radius 1 is 1.19 bits per heavy atom. The molecular weight excluding hydrogens is 266 g/mol. The molecule has 0 fully saturated rings. The SMILES string of the molecule is CC(CC(=O)N[C@H](Cc1ccccc1)C(=O)O)C(C)(C)C. The summed E-state index contributed by atoms with van der Waals surface area (Å²) < 4.78 is 0. The molecule has 0 spiro atoms. The van der Waals surface area contributed by atoms with Crippen LogP contribution in [0.25, 0.3) is 0 Å². The lowest BCUT2D eigenvalue weighted by Crippen LogP contribution is -2.43. The van der Waals surface area contributed by atoms with E-state index in [0.717, 1.165) is 5.56 Å². The van der Waals surface area contributed by atoms with Gasteiger partial charge in [-0.15, -0.1) is 0 Å². The Morgan fingerprint density at radius 2 is 1.76 bits per heavy atom. The Kier molecular flexibility index (Phi) is 5.94. The van der Waals surface area contributed by atoms with Crippen molar-refractivity contribution in [3.05, 3.63) is 35.9 Å². The number of carboxylic acids is 1. The zero-order valence-corrected chi connectivity index (χ0v) is 13.2. The molecule has 0 aliphatic rings. The van der Waals surface area contributed by atoms with Gasteiger partial charge in [-0.3, -0.25) is 4.79 Å². The summed E-state index contributed by atoms with van der Waals surface area (Å²) in [6.45, 7) is 8.23. The standard InChI is InChI=1S/C17H25NO3/c1-12(17(2,3)4)10-15(19)18-14(16(20)21)11-13-8-6-5-7-9-13/h5-9,12,14H,10-11H2,1-4H3,(H,18,19)(H,20,21)/t12?,14-/m1/s1. The van der Waals surface area contributed by atoms with Crippen LogP contribution in [0.3, 0.4) is 0 Å². The van der Waals surface area contributed by atoms with Crippen LogP contribution in [-0.2, 0) is 16.0 Å². The molecule has 0 aliphatic carbocycles. The first-order chi connectivity index (χ1) is 9.70. The highest BCUT2D eigenvalue weighted by Crippen LogP contribution is 2.27. The average molecular weight is 291 g/mol. The van der Waals surface area contributed by atoms with Gasteiger partial charge in [0.1, 0.15) is 6.04 Å². The number of hydrogen-bond acceptors (Lipinski definition) is 2. The normalized spacial score (nSPS) is 14.3. The Hall–Kier alpha value is -1.84. The maximum atomic E-state index is 12.0. The largest absolute Gasteiger partial charge is 0.480 e. The molecule has 1 aromatic carbocycles. The zero-order chi connectivity index (χ0) is 16.0. The number of benzene rings is 1. The van der Waals surface area contributed by atoms with Gasteiger partial charge in [0.15, 0.2) is 0 Å². The van der Waals surface area contributed by atoms with Gasteiger partial charge in [-0.05, 0) is 16.9 Å². The highest BCUT2D eigenvalue weighted by Gasteiger charge is 2.25. The molecule has 0 heterocycles. The lowest BCUT2D eigenvalue weighted by molar-refractivity contribution is -0.142. The summed E-state index contributed by atoms with van der Waals surface area (Å²) in [7, 11) is 0. The molecule has 0 radical (unpaired) electrons.